The Kier molecular flexibility index (Phi) is 4.72. The number of carbonyl (C=O) groups excluding carboxylic acids is 1. The minimum Gasteiger partial charge on any atom is -0.390 e. The first-order valence-corrected chi connectivity index (χ1v) is 6.57. The van der Waals surface area contributed by atoms with Crippen molar-refractivity contribution >= 4 is 5.78 Å². The molecule has 1 fully saturated rings. The molecule has 0 heterocycles. The molecule has 0 aliphatic heterocycles. The predicted molar refractivity (Wildman–Crippen MR) is 73.6 cm³/mol. The van der Waals surface area contributed by atoms with Gasteiger partial charge in [0.1, 0.15) is 0 Å². The van der Waals surface area contributed by atoms with Crippen LogP contribution in [-0.2, 0) is 4.79 Å². The van der Waals surface area contributed by atoms with E-state index in [4.69, 9.17) is 0 Å². The van der Waals surface area contributed by atoms with Crippen LogP contribution in [0, 0.1) is 0 Å². The molecule has 0 saturated heterocycles. The molecule has 19 heavy (non-hydrogen) atoms. The van der Waals surface area contributed by atoms with Crippen LogP contribution in [0.2, 0.25) is 0 Å². The van der Waals surface area contributed by atoms with E-state index in [0.717, 1.165) is 5.57 Å². The van der Waals surface area contributed by atoms with Crippen molar-refractivity contribution in [3.8, 4) is 0 Å². The van der Waals surface area contributed by atoms with E-state index in [0.29, 0.717) is 18.4 Å². The molecule has 0 radical (unpaired) electrons. The monoisotopic (exact) mass is 268 g/mol. The summed E-state index contributed by atoms with van der Waals surface area (Å²) in [7, 11) is 0. The van der Waals surface area contributed by atoms with Crippen molar-refractivity contribution in [1.82, 2.24) is 0 Å². The van der Waals surface area contributed by atoms with Crippen molar-refractivity contribution < 1.29 is 20.1 Å². The Morgan fingerprint density at radius 1 is 1.16 bits per heavy atom. The Morgan fingerprint density at radius 2 is 1.74 bits per heavy atom. The second-order valence-electron chi connectivity index (χ2n) is 6.06. The Bertz CT molecular complexity index is 416. The number of hydrogen-bond acceptors (Lipinski definition) is 4. The van der Waals surface area contributed by atoms with Gasteiger partial charge in [-0.3, -0.25) is 4.79 Å². The minimum atomic E-state index is -1.22. The highest BCUT2D eigenvalue weighted by molar-refractivity contribution is 6.00. The molecule has 108 valence electrons. The van der Waals surface area contributed by atoms with Crippen molar-refractivity contribution in [2.45, 2.75) is 64.3 Å². The van der Waals surface area contributed by atoms with Gasteiger partial charge in [-0.05, 0) is 58.3 Å². The van der Waals surface area contributed by atoms with Gasteiger partial charge in [0.05, 0.1) is 17.3 Å². The molecular weight excluding hydrogens is 244 g/mol. The summed E-state index contributed by atoms with van der Waals surface area (Å²) in [5.41, 5.74) is -0.958. The van der Waals surface area contributed by atoms with Crippen LogP contribution in [0.4, 0.5) is 0 Å². The smallest absolute Gasteiger partial charge is 0.178 e. The highest BCUT2D eigenvalue weighted by atomic mass is 16.3. The summed E-state index contributed by atoms with van der Waals surface area (Å²) in [4.78, 5) is 11.7. The van der Waals surface area contributed by atoms with Crippen LogP contribution in [-0.4, -0.2) is 38.4 Å². The molecule has 3 atom stereocenters. The average molecular weight is 268 g/mol. The Morgan fingerprint density at radius 3 is 2.21 bits per heavy atom. The molecule has 0 aromatic rings. The summed E-state index contributed by atoms with van der Waals surface area (Å²) in [6.07, 6.45) is 2.59. The van der Waals surface area contributed by atoms with Crippen LogP contribution in [0.15, 0.2) is 23.3 Å². The maximum absolute atomic E-state index is 11.7. The SMILES string of the molecule is CC(C)=CC(=O)/C=C(\C)[C@]1(O)CC[C@](C)(O)[C@@H](O)C1. The zero-order chi connectivity index (χ0) is 14.8. The van der Waals surface area contributed by atoms with E-state index in [1.807, 2.05) is 13.8 Å². The van der Waals surface area contributed by atoms with Crippen LogP contribution in [0.25, 0.3) is 0 Å². The van der Waals surface area contributed by atoms with Gasteiger partial charge >= 0.3 is 0 Å². The highest BCUT2D eigenvalue weighted by Gasteiger charge is 2.45. The summed E-state index contributed by atoms with van der Waals surface area (Å²) in [5.74, 6) is -0.169. The predicted octanol–water partition coefficient (Wildman–Crippen LogP) is 1.49. The fourth-order valence-corrected chi connectivity index (χ4v) is 2.30. The Labute approximate surface area is 114 Å². The Hall–Kier alpha value is -0.970. The van der Waals surface area contributed by atoms with Crippen molar-refractivity contribution in [3.05, 3.63) is 23.3 Å². The third-order valence-electron chi connectivity index (χ3n) is 3.82. The lowest BCUT2D eigenvalue weighted by Gasteiger charge is -2.43. The van der Waals surface area contributed by atoms with E-state index in [-0.39, 0.29) is 12.2 Å². The van der Waals surface area contributed by atoms with Crippen molar-refractivity contribution in [2.24, 2.45) is 0 Å². The Balaban J connectivity index is 2.88. The van der Waals surface area contributed by atoms with Crippen LogP contribution in [0.5, 0.6) is 0 Å². The molecule has 4 nitrogen and oxygen atoms in total. The van der Waals surface area contributed by atoms with E-state index in [1.165, 1.54) is 12.2 Å². The molecule has 0 amide bonds. The van der Waals surface area contributed by atoms with Crippen LogP contribution in [0.1, 0.15) is 47.0 Å². The van der Waals surface area contributed by atoms with Gasteiger partial charge in [0.2, 0.25) is 0 Å². The van der Waals surface area contributed by atoms with E-state index >= 15 is 0 Å². The van der Waals surface area contributed by atoms with Crippen molar-refractivity contribution in [3.63, 3.8) is 0 Å². The van der Waals surface area contributed by atoms with E-state index < -0.39 is 17.3 Å². The van der Waals surface area contributed by atoms with E-state index in [2.05, 4.69) is 0 Å². The number of aliphatic hydroxyl groups is 3. The standard InChI is InChI=1S/C15H24O4/c1-10(2)7-12(16)8-11(3)15(19)6-5-14(4,18)13(17)9-15/h7-8,13,17-19H,5-6,9H2,1-4H3/b11-8+/t13-,14-,15-/m0/s1. The first kappa shape index (κ1) is 16.1. The first-order chi connectivity index (χ1) is 8.57. The number of hydrogen-bond donors (Lipinski definition) is 3. The van der Waals surface area contributed by atoms with Crippen LogP contribution < -0.4 is 0 Å². The van der Waals surface area contributed by atoms with Gasteiger partial charge in [-0.15, -0.1) is 0 Å². The van der Waals surface area contributed by atoms with Crippen molar-refractivity contribution in [1.29, 1.82) is 0 Å². The van der Waals surface area contributed by atoms with Gasteiger partial charge in [-0.1, -0.05) is 5.57 Å². The second-order valence-corrected chi connectivity index (χ2v) is 6.06. The number of ketones is 1. The zero-order valence-corrected chi connectivity index (χ0v) is 12.1. The van der Waals surface area contributed by atoms with Gasteiger partial charge in [0.25, 0.3) is 0 Å². The quantitative estimate of drug-likeness (QED) is 0.678. The van der Waals surface area contributed by atoms with Gasteiger partial charge in [-0.25, -0.2) is 0 Å². The maximum Gasteiger partial charge on any atom is 0.178 e. The molecule has 0 aromatic carbocycles. The van der Waals surface area contributed by atoms with E-state index in [9.17, 15) is 20.1 Å². The molecule has 0 bridgehead atoms. The minimum absolute atomic E-state index is 0.0461. The fourth-order valence-electron chi connectivity index (χ4n) is 2.30. The molecule has 1 aliphatic rings. The number of aliphatic hydroxyl groups excluding tert-OH is 1. The molecule has 1 aliphatic carbocycles. The van der Waals surface area contributed by atoms with E-state index in [1.54, 1.807) is 13.8 Å². The molecule has 0 aromatic heterocycles. The maximum atomic E-state index is 11.7. The molecule has 3 N–H and O–H groups in total. The van der Waals surface area contributed by atoms with Crippen LogP contribution >= 0.6 is 0 Å². The molecule has 0 spiro atoms. The largest absolute Gasteiger partial charge is 0.390 e. The van der Waals surface area contributed by atoms with Crippen LogP contribution in [0.3, 0.4) is 0 Å². The lowest BCUT2D eigenvalue weighted by molar-refractivity contribution is -0.136. The zero-order valence-electron chi connectivity index (χ0n) is 12.1. The van der Waals surface area contributed by atoms with Gasteiger partial charge < -0.3 is 15.3 Å². The molecular formula is C15H24O4. The third kappa shape index (κ3) is 4.00. The molecule has 4 heteroatoms. The molecule has 1 saturated carbocycles. The summed E-state index contributed by atoms with van der Waals surface area (Å²) in [6, 6.07) is 0. The highest BCUT2D eigenvalue weighted by Crippen LogP contribution is 2.38. The lowest BCUT2D eigenvalue weighted by atomic mass is 9.72. The topological polar surface area (TPSA) is 77.8 Å². The van der Waals surface area contributed by atoms with Crippen molar-refractivity contribution in [2.75, 3.05) is 0 Å². The second kappa shape index (κ2) is 5.57. The summed E-state index contributed by atoms with van der Waals surface area (Å²) in [6.45, 7) is 6.91. The number of allylic oxidation sites excluding steroid dienone is 3. The molecule has 0 unspecified atom stereocenters. The van der Waals surface area contributed by atoms with Gasteiger partial charge in [0.15, 0.2) is 5.78 Å². The summed E-state index contributed by atoms with van der Waals surface area (Å²) in [5, 5.41) is 30.3. The van der Waals surface area contributed by atoms with Gasteiger partial charge in [0, 0.05) is 6.42 Å². The fraction of sp³-hybridized carbons (Fsp3) is 0.667. The average Bonchev–Trinajstić information content (AvgIpc) is 2.23. The number of carbonyl (C=O) groups is 1. The number of rotatable bonds is 3. The van der Waals surface area contributed by atoms with Gasteiger partial charge in [-0.2, -0.15) is 0 Å². The lowest BCUT2D eigenvalue weighted by Crippen LogP contribution is -2.51. The molecule has 1 rings (SSSR count). The third-order valence-corrected chi connectivity index (χ3v) is 3.82. The summed E-state index contributed by atoms with van der Waals surface area (Å²) >= 11 is 0. The summed E-state index contributed by atoms with van der Waals surface area (Å²) < 4.78 is 0. The normalized spacial score (nSPS) is 35.9. The first-order valence-electron chi connectivity index (χ1n) is 6.57.